The molecule has 0 fully saturated rings. The Balaban J connectivity index is 2.78. The highest BCUT2D eigenvalue weighted by atomic mass is 32.2. The maximum Gasteiger partial charge on any atom is 0.416 e. The van der Waals surface area contributed by atoms with Crippen LogP contribution in [-0.4, -0.2) is 29.6 Å². The van der Waals surface area contributed by atoms with Gasteiger partial charge in [0, 0.05) is 13.1 Å². The molecule has 114 valence electrons. The maximum absolute atomic E-state index is 12.8. The van der Waals surface area contributed by atoms with Crippen LogP contribution in [0.15, 0.2) is 12.1 Å². The van der Waals surface area contributed by atoms with E-state index in [1.165, 1.54) is 0 Å². The van der Waals surface area contributed by atoms with Crippen molar-refractivity contribution in [3.8, 4) is 0 Å². The van der Waals surface area contributed by atoms with Gasteiger partial charge in [0.2, 0.25) is 0 Å². The second-order valence-corrected chi connectivity index (χ2v) is 5.80. The van der Waals surface area contributed by atoms with Gasteiger partial charge in [0.05, 0.1) is 5.56 Å². The summed E-state index contributed by atoms with van der Waals surface area (Å²) in [7, 11) is 1.55. The van der Waals surface area contributed by atoms with Gasteiger partial charge in [0.25, 0.3) is 0 Å². The number of thioether (sulfide) groups is 1. The van der Waals surface area contributed by atoms with Crippen LogP contribution >= 0.6 is 11.8 Å². The van der Waals surface area contributed by atoms with Gasteiger partial charge in [-0.05, 0) is 37.0 Å². The van der Waals surface area contributed by atoms with Crippen LogP contribution in [0.1, 0.15) is 25.8 Å². The average molecular weight is 307 g/mol. The molecule has 7 heteroatoms. The van der Waals surface area contributed by atoms with Gasteiger partial charge >= 0.3 is 6.18 Å². The highest BCUT2D eigenvalue weighted by Gasteiger charge is 2.31. The van der Waals surface area contributed by atoms with Crippen molar-refractivity contribution >= 4 is 23.4 Å². The third-order valence-corrected chi connectivity index (χ3v) is 3.64. The van der Waals surface area contributed by atoms with E-state index in [0.717, 1.165) is 30.1 Å². The number of alkyl halides is 3. The Morgan fingerprint density at radius 1 is 1.30 bits per heavy atom. The van der Waals surface area contributed by atoms with Crippen molar-refractivity contribution in [1.82, 2.24) is 4.98 Å². The zero-order valence-corrected chi connectivity index (χ0v) is 12.7. The number of anilines is 2. The number of hydrogen-bond donors (Lipinski definition) is 2. The standard InChI is InChI=1S/C13H20F3N3S/c1-4-20-6-5-9(2)18-12-8-10(13(14,15)16)7-11(17-3)19-12/h7-9H,4-6H2,1-3H3,(H2,17,18,19). The fourth-order valence-electron chi connectivity index (χ4n) is 1.63. The van der Waals surface area contributed by atoms with Gasteiger partial charge < -0.3 is 10.6 Å². The predicted molar refractivity (Wildman–Crippen MR) is 79.5 cm³/mol. The summed E-state index contributed by atoms with van der Waals surface area (Å²) in [6.07, 6.45) is -3.49. The van der Waals surface area contributed by atoms with Gasteiger partial charge in [-0.1, -0.05) is 6.92 Å². The van der Waals surface area contributed by atoms with Gasteiger partial charge in [-0.25, -0.2) is 4.98 Å². The molecular weight excluding hydrogens is 287 g/mol. The molecule has 0 bridgehead atoms. The minimum absolute atomic E-state index is 0.0785. The van der Waals surface area contributed by atoms with Gasteiger partial charge in [0.15, 0.2) is 0 Å². The fourth-order valence-corrected chi connectivity index (χ4v) is 2.43. The molecule has 0 saturated heterocycles. The molecule has 0 aromatic carbocycles. The SMILES string of the molecule is CCSCCC(C)Nc1cc(C(F)(F)F)cc(NC)n1. The van der Waals surface area contributed by atoms with Crippen LogP contribution in [0.4, 0.5) is 24.8 Å². The van der Waals surface area contributed by atoms with Crippen LogP contribution in [0.25, 0.3) is 0 Å². The topological polar surface area (TPSA) is 37.0 Å². The smallest absolute Gasteiger partial charge is 0.373 e. The maximum atomic E-state index is 12.8. The van der Waals surface area contributed by atoms with E-state index in [1.807, 2.05) is 18.7 Å². The molecule has 0 amide bonds. The highest BCUT2D eigenvalue weighted by molar-refractivity contribution is 7.99. The Bertz CT molecular complexity index is 424. The lowest BCUT2D eigenvalue weighted by Crippen LogP contribution is -2.18. The summed E-state index contributed by atoms with van der Waals surface area (Å²) in [5, 5.41) is 5.67. The molecule has 20 heavy (non-hydrogen) atoms. The lowest BCUT2D eigenvalue weighted by molar-refractivity contribution is -0.137. The van der Waals surface area contributed by atoms with E-state index >= 15 is 0 Å². The number of aromatic nitrogens is 1. The third-order valence-electron chi connectivity index (χ3n) is 2.70. The number of pyridine rings is 1. The molecule has 2 N–H and O–H groups in total. The molecule has 1 aromatic rings. The van der Waals surface area contributed by atoms with E-state index in [2.05, 4.69) is 22.5 Å². The van der Waals surface area contributed by atoms with Gasteiger partial charge in [-0.15, -0.1) is 0 Å². The third kappa shape index (κ3) is 5.48. The first-order valence-electron chi connectivity index (χ1n) is 6.48. The van der Waals surface area contributed by atoms with Gasteiger partial charge in [0.1, 0.15) is 11.6 Å². The average Bonchev–Trinajstić information content (AvgIpc) is 2.37. The van der Waals surface area contributed by atoms with Crippen molar-refractivity contribution in [3.63, 3.8) is 0 Å². The summed E-state index contributed by atoms with van der Waals surface area (Å²) in [6, 6.07) is 2.13. The Kier molecular flexibility index (Phi) is 6.45. The molecule has 0 aliphatic heterocycles. The molecule has 1 unspecified atom stereocenters. The van der Waals surface area contributed by atoms with Crippen LogP contribution in [0.5, 0.6) is 0 Å². The van der Waals surface area contributed by atoms with Crippen LogP contribution in [0, 0.1) is 0 Å². The lowest BCUT2D eigenvalue weighted by atomic mass is 10.2. The number of halogens is 3. The second kappa shape index (κ2) is 7.61. The van der Waals surface area contributed by atoms with Crippen molar-refractivity contribution in [2.75, 3.05) is 29.2 Å². The minimum Gasteiger partial charge on any atom is -0.373 e. The quantitative estimate of drug-likeness (QED) is 0.744. The molecule has 0 radical (unpaired) electrons. The summed E-state index contributed by atoms with van der Waals surface area (Å²) in [5.41, 5.74) is -0.700. The molecule has 1 atom stereocenters. The number of nitrogens with zero attached hydrogens (tertiary/aromatic N) is 1. The van der Waals surface area contributed by atoms with Crippen LogP contribution in [0.3, 0.4) is 0 Å². The Hall–Kier alpha value is -1.11. The molecule has 1 rings (SSSR count). The van der Waals surface area contributed by atoms with E-state index in [0.29, 0.717) is 0 Å². The zero-order chi connectivity index (χ0) is 15.2. The number of rotatable bonds is 7. The number of nitrogens with one attached hydrogen (secondary N) is 2. The van der Waals surface area contributed by atoms with Crippen molar-refractivity contribution < 1.29 is 13.2 Å². The molecule has 1 heterocycles. The van der Waals surface area contributed by atoms with Gasteiger partial charge in [-0.3, -0.25) is 0 Å². The molecular formula is C13H20F3N3S. The van der Waals surface area contributed by atoms with E-state index in [-0.39, 0.29) is 17.7 Å². The molecule has 1 aromatic heterocycles. The molecule has 0 saturated carbocycles. The molecule has 0 aliphatic carbocycles. The number of hydrogen-bond acceptors (Lipinski definition) is 4. The van der Waals surface area contributed by atoms with E-state index in [9.17, 15) is 13.2 Å². The van der Waals surface area contributed by atoms with Crippen LogP contribution in [0.2, 0.25) is 0 Å². The van der Waals surface area contributed by atoms with Crippen LogP contribution < -0.4 is 10.6 Å². The monoisotopic (exact) mass is 307 g/mol. The summed E-state index contributed by atoms with van der Waals surface area (Å²) in [5.74, 6) is 2.47. The van der Waals surface area contributed by atoms with Gasteiger partial charge in [-0.2, -0.15) is 24.9 Å². The van der Waals surface area contributed by atoms with E-state index < -0.39 is 11.7 Å². The summed E-state index contributed by atoms with van der Waals surface area (Å²) < 4.78 is 38.4. The Morgan fingerprint density at radius 3 is 2.50 bits per heavy atom. The van der Waals surface area contributed by atoms with Crippen LogP contribution in [-0.2, 0) is 6.18 Å². The lowest BCUT2D eigenvalue weighted by Gasteiger charge is -2.17. The Morgan fingerprint density at radius 2 is 1.95 bits per heavy atom. The second-order valence-electron chi connectivity index (χ2n) is 4.41. The zero-order valence-electron chi connectivity index (χ0n) is 11.8. The first-order chi connectivity index (χ1) is 9.36. The van der Waals surface area contributed by atoms with E-state index in [4.69, 9.17) is 0 Å². The highest BCUT2D eigenvalue weighted by Crippen LogP contribution is 2.32. The normalized spacial score (nSPS) is 13.1. The predicted octanol–water partition coefficient (Wildman–Crippen LogP) is 4.09. The van der Waals surface area contributed by atoms with E-state index in [1.54, 1.807) is 7.05 Å². The summed E-state index contributed by atoms with van der Waals surface area (Å²) in [4.78, 5) is 4.10. The summed E-state index contributed by atoms with van der Waals surface area (Å²) in [6.45, 7) is 4.02. The fraction of sp³-hybridized carbons (Fsp3) is 0.615. The first-order valence-corrected chi connectivity index (χ1v) is 7.63. The minimum atomic E-state index is -4.37. The Labute approximate surface area is 121 Å². The van der Waals surface area contributed by atoms with Crippen molar-refractivity contribution in [1.29, 1.82) is 0 Å². The van der Waals surface area contributed by atoms with Crippen molar-refractivity contribution in [2.45, 2.75) is 32.5 Å². The van der Waals surface area contributed by atoms with Crippen molar-refractivity contribution in [3.05, 3.63) is 17.7 Å². The first kappa shape index (κ1) is 16.9. The molecule has 0 spiro atoms. The molecule has 0 aliphatic rings. The largest absolute Gasteiger partial charge is 0.416 e. The summed E-state index contributed by atoms with van der Waals surface area (Å²) >= 11 is 1.81. The van der Waals surface area contributed by atoms with Crippen molar-refractivity contribution in [2.24, 2.45) is 0 Å². The molecule has 3 nitrogen and oxygen atoms in total.